The molecular weight excluding hydrogens is 319 g/mol. The zero-order valence-electron chi connectivity index (χ0n) is 15.9. The molecule has 0 spiro atoms. The molecule has 0 saturated carbocycles. The quantitative estimate of drug-likeness (QED) is 0.744. The van der Waals surface area contributed by atoms with E-state index in [0.29, 0.717) is 11.0 Å². The van der Waals surface area contributed by atoms with E-state index in [9.17, 15) is 4.79 Å². The fraction of sp³-hybridized carbons (Fsp3) is 0.556. The summed E-state index contributed by atoms with van der Waals surface area (Å²) in [6.45, 7) is 13.5. The first kappa shape index (κ1) is 18.0. The second kappa shape index (κ2) is 5.57. The fourth-order valence-corrected chi connectivity index (χ4v) is 2.61. The molecule has 0 N–H and O–H groups in total. The Kier molecular flexibility index (Phi) is 4.00. The summed E-state index contributed by atoms with van der Waals surface area (Å²) >= 11 is 0. The van der Waals surface area contributed by atoms with Gasteiger partial charge in [-0.05, 0) is 66.1 Å². The van der Waals surface area contributed by atoms with Crippen LogP contribution in [-0.2, 0) is 14.0 Å². The van der Waals surface area contributed by atoms with E-state index in [1.807, 2.05) is 66.7 Å². The van der Waals surface area contributed by atoms with Gasteiger partial charge in [0.1, 0.15) is 11.9 Å². The lowest BCUT2D eigenvalue weighted by Crippen LogP contribution is -2.41. The summed E-state index contributed by atoms with van der Waals surface area (Å²) in [5, 5.41) is 0. The number of hydrogen-bond donors (Lipinski definition) is 0. The van der Waals surface area contributed by atoms with Crippen LogP contribution in [-0.4, -0.2) is 39.6 Å². The van der Waals surface area contributed by atoms with Crippen molar-refractivity contribution < 1.29 is 18.8 Å². The Morgan fingerprint density at radius 1 is 1.16 bits per heavy atom. The van der Waals surface area contributed by atoms with Crippen LogP contribution in [0.25, 0.3) is 11.0 Å². The molecule has 0 aliphatic carbocycles. The van der Waals surface area contributed by atoms with Gasteiger partial charge >= 0.3 is 13.2 Å². The van der Waals surface area contributed by atoms with E-state index >= 15 is 0 Å². The van der Waals surface area contributed by atoms with E-state index < -0.39 is 30.0 Å². The number of aromatic nitrogens is 2. The van der Waals surface area contributed by atoms with Gasteiger partial charge < -0.3 is 14.0 Å². The molecule has 134 valence electrons. The summed E-state index contributed by atoms with van der Waals surface area (Å²) < 4.78 is 19.0. The number of nitrogens with zero attached hydrogens (tertiary/aromatic N) is 2. The number of hydrogen-bond acceptors (Lipinski definition) is 5. The van der Waals surface area contributed by atoms with Crippen LogP contribution in [0.2, 0.25) is 0 Å². The summed E-state index contributed by atoms with van der Waals surface area (Å²) in [6.07, 6.45) is 1.02. The van der Waals surface area contributed by atoms with Crippen LogP contribution in [0.1, 0.15) is 48.5 Å². The Hall–Kier alpha value is -1.86. The van der Waals surface area contributed by atoms with Gasteiger partial charge in [0.25, 0.3) is 0 Å². The lowest BCUT2D eigenvalue weighted by atomic mass is 9.79. The molecule has 0 atom stereocenters. The summed E-state index contributed by atoms with van der Waals surface area (Å²) in [4.78, 5) is 16.7. The zero-order valence-corrected chi connectivity index (χ0v) is 15.9. The van der Waals surface area contributed by atoms with Crippen molar-refractivity contribution in [3.63, 3.8) is 0 Å². The van der Waals surface area contributed by atoms with Crippen LogP contribution in [0.5, 0.6) is 0 Å². The van der Waals surface area contributed by atoms with E-state index in [-0.39, 0.29) is 0 Å². The molecule has 2 aromatic rings. The predicted octanol–water partition coefficient (Wildman–Crippen LogP) is 3.12. The van der Waals surface area contributed by atoms with Crippen LogP contribution in [0.3, 0.4) is 0 Å². The average molecular weight is 344 g/mol. The first-order chi connectivity index (χ1) is 11.4. The molecule has 1 saturated heterocycles. The van der Waals surface area contributed by atoms with E-state index in [0.717, 1.165) is 5.46 Å². The Balaban J connectivity index is 1.95. The van der Waals surface area contributed by atoms with Crippen molar-refractivity contribution in [2.75, 3.05) is 0 Å². The minimum atomic E-state index is -0.572. The van der Waals surface area contributed by atoms with Gasteiger partial charge in [0.2, 0.25) is 0 Å². The molecule has 0 radical (unpaired) electrons. The third-order valence-corrected chi connectivity index (χ3v) is 4.69. The molecule has 0 amide bonds. The van der Waals surface area contributed by atoms with Gasteiger partial charge in [0.05, 0.1) is 22.2 Å². The number of ether oxygens (including phenoxy) is 1. The van der Waals surface area contributed by atoms with Crippen molar-refractivity contribution in [1.29, 1.82) is 0 Å². The third kappa shape index (κ3) is 3.31. The van der Waals surface area contributed by atoms with Crippen molar-refractivity contribution in [1.82, 2.24) is 9.55 Å². The van der Waals surface area contributed by atoms with Crippen LogP contribution in [0, 0.1) is 0 Å². The molecule has 0 bridgehead atoms. The Labute approximate surface area is 148 Å². The number of imidazole rings is 1. The minimum Gasteiger partial charge on any atom is -0.443 e. The normalized spacial score (nSPS) is 19.4. The van der Waals surface area contributed by atoms with Crippen molar-refractivity contribution >= 4 is 29.7 Å². The molecule has 3 rings (SSSR count). The predicted molar refractivity (Wildman–Crippen MR) is 97.1 cm³/mol. The van der Waals surface area contributed by atoms with Crippen LogP contribution < -0.4 is 5.46 Å². The summed E-state index contributed by atoms with van der Waals surface area (Å²) in [7, 11) is -0.489. The second-order valence-electron chi connectivity index (χ2n) is 8.43. The van der Waals surface area contributed by atoms with Gasteiger partial charge in [-0.1, -0.05) is 6.07 Å². The lowest BCUT2D eigenvalue weighted by molar-refractivity contribution is 0.00578. The molecule has 1 aliphatic rings. The third-order valence-electron chi connectivity index (χ3n) is 4.69. The molecule has 1 aromatic heterocycles. The summed E-state index contributed by atoms with van der Waals surface area (Å²) in [6, 6.07) is 5.64. The highest BCUT2D eigenvalue weighted by atomic mass is 16.7. The zero-order chi connectivity index (χ0) is 18.6. The maximum absolute atomic E-state index is 12.4. The number of benzene rings is 1. The van der Waals surface area contributed by atoms with E-state index in [1.54, 1.807) is 0 Å². The van der Waals surface area contributed by atoms with Gasteiger partial charge in [-0.3, -0.25) is 0 Å². The maximum atomic E-state index is 12.4. The molecule has 0 unspecified atom stereocenters. The molecule has 1 aliphatic heterocycles. The standard InChI is InChI=1S/C18H25BN2O4/c1-16(2,3)23-15(22)21-11-20-13-9-8-12(10-14(13)21)19-24-17(4,5)18(6,7)25-19/h8-11H,1-7H3. The molecule has 1 fully saturated rings. The van der Waals surface area contributed by atoms with Gasteiger partial charge in [0.15, 0.2) is 0 Å². The number of fused-ring (bicyclic) bond motifs is 1. The molecule has 7 heteroatoms. The first-order valence-corrected chi connectivity index (χ1v) is 8.46. The lowest BCUT2D eigenvalue weighted by Gasteiger charge is -2.32. The number of rotatable bonds is 1. The monoisotopic (exact) mass is 344 g/mol. The highest BCUT2D eigenvalue weighted by Crippen LogP contribution is 2.36. The Bertz CT molecular complexity index is 804. The van der Waals surface area contributed by atoms with Gasteiger partial charge in [-0.25, -0.2) is 14.3 Å². The van der Waals surface area contributed by atoms with Crippen LogP contribution in [0.15, 0.2) is 24.5 Å². The Morgan fingerprint density at radius 2 is 1.76 bits per heavy atom. The molecule has 2 heterocycles. The van der Waals surface area contributed by atoms with Crippen LogP contribution >= 0.6 is 0 Å². The number of carbonyl (C=O) groups is 1. The molecule has 1 aromatic carbocycles. The average Bonchev–Trinajstić information content (AvgIpc) is 2.95. The van der Waals surface area contributed by atoms with E-state index in [4.69, 9.17) is 14.0 Å². The maximum Gasteiger partial charge on any atom is 0.494 e. The van der Waals surface area contributed by atoms with Gasteiger partial charge in [0, 0.05) is 0 Å². The SMILES string of the molecule is CC(C)(C)OC(=O)n1cnc2ccc(B3OC(C)(C)C(C)(C)O3)cc21. The van der Waals surface area contributed by atoms with Gasteiger partial charge in [-0.2, -0.15) is 0 Å². The van der Waals surface area contributed by atoms with Crippen molar-refractivity contribution in [3.05, 3.63) is 24.5 Å². The largest absolute Gasteiger partial charge is 0.494 e. The van der Waals surface area contributed by atoms with Crippen molar-refractivity contribution in [2.24, 2.45) is 0 Å². The van der Waals surface area contributed by atoms with E-state index in [2.05, 4.69) is 4.98 Å². The van der Waals surface area contributed by atoms with E-state index in [1.165, 1.54) is 10.9 Å². The highest BCUT2D eigenvalue weighted by molar-refractivity contribution is 6.62. The smallest absolute Gasteiger partial charge is 0.443 e. The molecular formula is C18H25BN2O4. The molecule has 6 nitrogen and oxygen atoms in total. The summed E-state index contributed by atoms with van der Waals surface area (Å²) in [5.41, 5.74) is 0.816. The van der Waals surface area contributed by atoms with Gasteiger partial charge in [-0.15, -0.1) is 0 Å². The second-order valence-corrected chi connectivity index (χ2v) is 8.43. The Morgan fingerprint density at radius 3 is 2.32 bits per heavy atom. The summed E-state index contributed by atoms with van der Waals surface area (Å²) in [5.74, 6) is 0. The van der Waals surface area contributed by atoms with Crippen molar-refractivity contribution in [3.8, 4) is 0 Å². The topological polar surface area (TPSA) is 62.6 Å². The van der Waals surface area contributed by atoms with Crippen LogP contribution in [0.4, 0.5) is 4.79 Å². The molecule has 25 heavy (non-hydrogen) atoms. The first-order valence-electron chi connectivity index (χ1n) is 8.46. The minimum absolute atomic E-state index is 0.419. The number of carbonyl (C=O) groups excluding carboxylic acids is 1. The van der Waals surface area contributed by atoms with Crippen molar-refractivity contribution in [2.45, 2.75) is 65.3 Å². The highest BCUT2D eigenvalue weighted by Gasteiger charge is 2.51. The fourth-order valence-electron chi connectivity index (χ4n) is 2.61.